The summed E-state index contributed by atoms with van der Waals surface area (Å²) in [6.45, 7) is 2.03. The van der Waals surface area contributed by atoms with Crippen molar-refractivity contribution in [1.29, 1.82) is 0 Å². The van der Waals surface area contributed by atoms with Gasteiger partial charge in [-0.3, -0.25) is 4.79 Å². The van der Waals surface area contributed by atoms with Gasteiger partial charge < -0.3 is 10.6 Å². The van der Waals surface area contributed by atoms with Crippen LogP contribution in [0.25, 0.3) is 0 Å². The molecule has 2 aliphatic rings. The van der Waals surface area contributed by atoms with Crippen molar-refractivity contribution in [2.24, 2.45) is 0 Å². The van der Waals surface area contributed by atoms with Crippen molar-refractivity contribution < 1.29 is 4.79 Å². The Labute approximate surface area is 66.5 Å². The highest BCUT2D eigenvalue weighted by Crippen LogP contribution is 2.25. The van der Waals surface area contributed by atoms with Gasteiger partial charge in [0.1, 0.15) is 0 Å². The van der Waals surface area contributed by atoms with Crippen molar-refractivity contribution in [3.63, 3.8) is 0 Å². The van der Waals surface area contributed by atoms with E-state index < -0.39 is 0 Å². The van der Waals surface area contributed by atoms with Crippen LogP contribution in [0.5, 0.6) is 0 Å². The van der Waals surface area contributed by atoms with E-state index in [1.807, 2.05) is 0 Å². The van der Waals surface area contributed by atoms with Crippen molar-refractivity contribution in [3.05, 3.63) is 0 Å². The maximum absolute atomic E-state index is 11.1. The predicted molar refractivity (Wildman–Crippen MR) is 42.2 cm³/mol. The smallest absolute Gasteiger partial charge is 0.220 e. The van der Waals surface area contributed by atoms with Crippen LogP contribution in [0.2, 0.25) is 0 Å². The third kappa shape index (κ3) is 1.25. The van der Waals surface area contributed by atoms with E-state index in [2.05, 4.69) is 10.6 Å². The van der Waals surface area contributed by atoms with Crippen LogP contribution in [-0.4, -0.2) is 24.5 Å². The fourth-order valence-electron chi connectivity index (χ4n) is 2.07. The lowest BCUT2D eigenvalue weighted by Crippen LogP contribution is -2.52. The summed E-state index contributed by atoms with van der Waals surface area (Å²) in [5.41, 5.74) is 0.134. The van der Waals surface area contributed by atoms with Gasteiger partial charge in [-0.15, -0.1) is 0 Å². The molecule has 0 aliphatic carbocycles. The molecule has 2 heterocycles. The van der Waals surface area contributed by atoms with E-state index in [1.54, 1.807) is 0 Å². The van der Waals surface area contributed by atoms with Crippen LogP contribution in [0.1, 0.15) is 25.7 Å². The Balaban J connectivity index is 2.05. The standard InChI is InChI=1S/C8H14N2O/c11-7-2-1-3-8(10-7)4-5-9-6-8/h9H,1-6H2,(H,10,11). The van der Waals surface area contributed by atoms with E-state index in [0.717, 1.165) is 38.8 Å². The molecule has 11 heavy (non-hydrogen) atoms. The molecule has 1 unspecified atom stereocenters. The predicted octanol–water partition coefficient (Wildman–Crippen LogP) is 0.0186. The Kier molecular flexibility index (Phi) is 1.60. The SMILES string of the molecule is O=C1CCCC2(CCNC2)N1. The average molecular weight is 154 g/mol. The van der Waals surface area contributed by atoms with Gasteiger partial charge in [-0.25, -0.2) is 0 Å². The molecular formula is C8H14N2O. The molecule has 2 aliphatic heterocycles. The van der Waals surface area contributed by atoms with E-state index >= 15 is 0 Å². The van der Waals surface area contributed by atoms with Gasteiger partial charge in [0.25, 0.3) is 0 Å². The third-order valence-electron chi connectivity index (χ3n) is 2.71. The Morgan fingerprint density at radius 3 is 2.91 bits per heavy atom. The third-order valence-corrected chi connectivity index (χ3v) is 2.71. The highest BCUT2D eigenvalue weighted by atomic mass is 16.1. The first-order chi connectivity index (χ1) is 5.31. The maximum Gasteiger partial charge on any atom is 0.220 e. The number of nitrogens with one attached hydrogen (secondary N) is 2. The second-order valence-corrected chi connectivity index (χ2v) is 3.61. The summed E-state index contributed by atoms with van der Waals surface area (Å²) in [6.07, 6.45) is 4.06. The molecule has 0 bridgehead atoms. The second kappa shape index (κ2) is 2.48. The van der Waals surface area contributed by atoms with Crippen LogP contribution in [0, 0.1) is 0 Å². The van der Waals surface area contributed by atoms with Crippen LogP contribution >= 0.6 is 0 Å². The Bertz CT molecular complexity index is 173. The lowest BCUT2D eigenvalue weighted by molar-refractivity contribution is -0.124. The van der Waals surface area contributed by atoms with Crippen LogP contribution < -0.4 is 10.6 Å². The lowest BCUT2D eigenvalue weighted by Gasteiger charge is -2.33. The lowest BCUT2D eigenvalue weighted by atomic mass is 9.88. The summed E-state index contributed by atoms with van der Waals surface area (Å²) >= 11 is 0. The number of piperidine rings is 1. The molecule has 2 saturated heterocycles. The second-order valence-electron chi connectivity index (χ2n) is 3.61. The molecule has 0 aromatic carbocycles. The number of carbonyl (C=O) groups is 1. The van der Waals surface area contributed by atoms with Crippen LogP contribution in [0.15, 0.2) is 0 Å². The van der Waals surface area contributed by atoms with Crippen LogP contribution in [0.3, 0.4) is 0 Å². The van der Waals surface area contributed by atoms with Crippen molar-refractivity contribution >= 4 is 5.91 Å². The molecular weight excluding hydrogens is 140 g/mol. The van der Waals surface area contributed by atoms with Crippen molar-refractivity contribution in [2.75, 3.05) is 13.1 Å². The summed E-state index contributed by atoms with van der Waals surface area (Å²) in [4.78, 5) is 11.1. The van der Waals surface area contributed by atoms with Crippen LogP contribution in [0.4, 0.5) is 0 Å². The minimum absolute atomic E-state index is 0.134. The van der Waals surface area contributed by atoms with E-state index in [0.29, 0.717) is 0 Å². The van der Waals surface area contributed by atoms with Gasteiger partial charge in [0.15, 0.2) is 0 Å². The zero-order chi connectivity index (χ0) is 7.73. The number of hydrogen-bond donors (Lipinski definition) is 2. The van der Waals surface area contributed by atoms with E-state index in [4.69, 9.17) is 0 Å². The van der Waals surface area contributed by atoms with Crippen molar-refractivity contribution in [2.45, 2.75) is 31.2 Å². The van der Waals surface area contributed by atoms with Gasteiger partial charge in [0.05, 0.1) is 5.54 Å². The van der Waals surface area contributed by atoms with Gasteiger partial charge in [-0.2, -0.15) is 0 Å². The Hall–Kier alpha value is -0.570. The quantitative estimate of drug-likeness (QED) is 0.516. The van der Waals surface area contributed by atoms with Gasteiger partial charge in [-0.1, -0.05) is 0 Å². The number of carbonyl (C=O) groups excluding carboxylic acids is 1. The van der Waals surface area contributed by atoms with Crippen molar-refractivity contribution in [1.82, 2.24) is 10.6 Å². The zero-order valence-electron chi connectivity index (χ0n) is 6.65. The number of hydrogen-bond acceptors (Lipinski definition) is 2. The molecule has 0 aromatic heterocycles. The largest absolute Gasteiger partial charge is 0.349 e. The molecule has 2 rings (SSSR count). The number of rotatable bonds is 0. The fraction of sp³-hybridized carbons (Fsp3) is 0.875. The molecule has 3 heteroatoms. The Morgan fingerprint density at radius 2 is 2.27 bits per heavy atom. The minimum Gasteiger partial charge on any atom is -0.349 e. The molecule has 0 radical (unpaired) electrons. The molecule has 62 valence electrons. The summed E-state index contributed by atoms with van der Waals surface area (Å²) in [5, 5.41) is 6.38. The summed E-state index contributed by atoms with van der Waals surface area (Å²) < 4.78 is 0. The van der Waals surface area contributed by atoms with E-state index in [1.165, 1.54) is 0 Å². The van der Waals surface area contributed by atoms with Gasteiger partial charge in [-0.05, 0) is 25.8 Å². The summed E-state index contributed by atoms with van der Waals surface area (Å²) in [6, 6.07) is 0. The first-order valence-electron chi connectivity index (χ1n) is 4.33. The van der Waals surface area contributed by atoms with E-state index in [9.17, 15) is 4.79 Å². The van der Waals surface area contributed by atoms with Gasteiger partial charge in [0.2, 0.25) is 5.91 Å². The minimum atomic E-state index is 0.134. The molecule has 2 N–H and O–H groups in total. The molecule has 0 aromatic rings. The Morgan fingerprint density at radius 1 is 1.36 bits per heavy atom. The summed E-state index contributed by atoms with van der Waals surface area (Å²) in [5.74, 6) is 0.236. The molecule has 1 amide bonds. The number of amides is 1. The normalized spacial score (nSPS) is 37.6. The highest BCUT2D eigenvalue weighted by molar-refractivity contribution is 5.77. The molecule has 1 spiro atoms. The van der Waals surface area contributed by atoms with Crippen molar-refractivity contribution in [3.8, 4) is 0 Å². The highest BCUT2D eigenvalue weighted by Gasteiger charge is 2.37. The molecule has 2 fully saturated rings. The first-order valence-corrected chi connectivity index (χ1v) is 4.33. The average Bonchev–Trinajstić information content (AvgIpc) is 2.37. The fourth-order valence-corrected chi connectivity index (χ4v) is 2.07. The van der Waals surface area contributed by atoms with E-state index in [-0.39, 0.29) is 11.4 Å². The monoisotopic (exact) mass is 154 g/mol. The topological polar surface area (TPSA) is 41.1 Å². The maximum atomic E-state index is 11.1. The first kappa shape index (κ1) is 7.10. The molecule has 3 nitrogen and oxygen atoms in total. The van der Waals surface area contributed by atoms with Crippen LogP contribution in [-0.2, 0) is 4.79 Å². The van der Waals surface area contributed by atoms with Gasteiger partial charge >= 0.3 is 0 Å². The molecule has 0 saturated carbocycles. The zero-order valence-corrected chi connectivity index (χ0v) is 6.65. The summed E-state index contributed by atoms with van der Waals surface area (Å²) in [7, 11) is 0. The van der Waals surface area contributed by atoms with Gasteiger partial charge in [0, 0.05) is 13.0 Å². The molecule has 1 atom stereocenters.